The number of fused-ring (bicyclic) bond motifs is 2. The molecule has 3 heterocycles. The molecule has 1 unspecified atom stereocenters. The minimum absolute atomic E-state index is 0.138. The number of hydrogen-bond donors (Lipinski definition) is 0. The molecule has 0 N–H and O–H groups in total. The van der Waals surface area contributed by atoms with E-state index < -0.39 is 0 Å². The van der Waals surface area contributed by atoms with E-state index >= 15 is 0 Å². The lowest BCUT2D eigenvalue weighted by Crippen LogP contribution is -2.24. The van der Waals surface area contributed by atoms with Gasteiger partial charge in [-0.25, -0.2) is 0 Å². The number of rotatable bonds is 2. The zero-order valence-corrected chi connectivity index (χ0v) is 12.9. The molecule has 0 spiro atoms. The number of nitrogens with zero attached hydrogens (tertiary/aromatic N) is 4. The van der Waals surface area contributed by atoms with Gasteiger partial charge in [-0.05, 0) is 25.2 Å². The molecule has 0 bridgehead atoms. The van der Waals surface area contributed by atoms with Crippen molar-refractivity contribution in [3.05, 3.63) is 31.9 Å². The molecule has 0 radical (unpaired) electrons. The van der Waals surface area contributed by atoms with Crippen LogP contribution in [-0.4, -0.2) is 25.9 Å². The minimum Gasteiger partial charge on any atom is -0.372 e. The molecule has 7 heteroatoms. The number of aromatic nitrogens is 4. The Bertz CT molecular complexity index is 730. The molecule has 0 aromatic carbocycles. The normalized spacial score (nSPS) is 21.1. The topological polar surface area (TPSA) is 61.9 Å². The first-order valence-corrected chi connectivity index (χ1v) is 8.24. The highest BCUT2D eigenvalue weighted by atomic mass is 32.1. The van der Waals surface area contributed by atoms with E-state index in [1.807, 2.05) is 4.57 Å². The van der Waals surface area contributed by atoms with E-state index in [4.69, 9.17) is 4.74 Å². The molecule has 0 amide bonds. The van der Waals surface area contributed by atoms with E-state index in [1.54, 1.807) is 0 Å². The van der Waals surface area contributed by atoms with Crippen molar-refractivity contribution in [3.63, 3.8) is 0 Å². The van der Waals surface area contributed by atoms with Gasteiger partial charge in [0.25, 0.3) is 0 Å². The summed E-state index contributed by atoms with van der Waals surface area (Å²) in [5.74, 6) is 2.42. The number of ether oxygens (including phenoxy) is 1. The van der Waals surface area contributed by atoms with Crippen molar-refractivity contribution in [2.45, 2.75) is 45.9 Å². The molecule has 21 heavy (non-hydrogen) atoms. The molecule has 1 atom stereocenters. The van der Waals surface area contributed by atoms with Gasteiger partial charge in [-0.1, -0.05) is 18.3 Å². The molecular weight excluding hydrogens is 288 g/mol. The van der Waals surface area contributed by atoms with Crippen molar-refractivity contribution in [1.82, 2.24) is 19.3 Å². The summed E-state index contributed by atoms with van der Waals surface area (Å²) in [5.41, 5.74) is 1.22. The van der Waals surface area contributed by atoms with Crippen molar-refractivity contribution in [1.29, 1.82) is 0 Å². The molecule has 2 aliphatic rings. The molecule has 0 saturated carbocycles. The second kappa shape index (κ2) is 5.06. The Balaban J connectivity index is 1.69. The van der Waals surface area contributed by atoms with Gasteiger partial charge in [-0.3, -0.25) is 9.36 Å². The first kappa shape index (κ1) is 13.2. The average molecular weight is 306 g/mol. The third-order valence-corrected chi connectivity index (χ3v) is 5.42. The minimum atomic E-state index is 0.138. The van der Waals surface area contributed by atoms with Crippen LogP contribution < -0.4 is 4.87 Å². The van der Waals surface area contributed by atoms with Crippen molar-refractivity contribution in [2.24, 2.45) is 5.92 Å². The second-order valence-corrected chi connectivity index (χ2v) is 6.95. The van der Waals surface area contributed by atoms with E-state index in [0.717, 1.165) is 37.5 Å². The fraction of sp³-hybridized carbons (Fsp3) is 0.643. The van der Waals surface area contributed by atoms with Crippen LogP contribution in [0.5, 0.6) is 0 Å². The molecule has 0 fully saturated rings. The summed E-state index contributed by atoms with van der Waals surface area (Å²) < 4.78 is 9.37. The molecule has 6 nitrogen and oxygen atoms in total. The van der Waals surface area contributed by atoms with E-state index in [-0.39, 0.29) is 4.87 Å². The SMILES string of the molecule is CC1CCc2c(sc(=O)n2Cc2nnc3n2CCOC3)C1. The first-order valence-electron chi connectivity index (χ1n) is 7.42. The Morgan fingerprint density at radius 3 is 3.24 bits per heavy atom. The molecule has 2 aromatic rings. The van der Waals surface area contributed by atoms with Crippen LogP contribution in [0.4, 0.5) is 0 Å². The lowest BCUT2D eigenvalue weighted by Gasteiger charge is -2.20. The maximum Gasteiger partial charge on any atom is 0.307 e. The van der Waals surface area contributed by atoms with E-state index in [2.05, 4.69) is 21.7 Å². The Hall–Kier alpha value is -1.47. The largest absolute Gasteiger partial charge is 0.372 e. The number of thiazole rings is 1. The highest BCUT2D eigenvalue weighted by Gasteiger charge is 2.24. The van der Waals surface area contributed by atoms with Gasteiger partial charge in [0.2, 0.25) is 0 Å². The fourth-order valence-electron chi connectivity index (χ4n) is 3.19. The molecule has 1 aliphatic carbocycles. The first-order chi connectivity index (χ1) is 10.2. The van der Waals surface area contributed by atoms with Gasteiger partial charge in [-0.2, -0.15) is 0 Å². The van der Waals surface area contributed by atoms with Gasteiger partial charge in [0.15, 0.2) is 11.6 Å². The molecule has 0 saturated heterocycles. The maximum absolute atomic E-state index is 12.3. The zero-order valence-electron chi connectivity index (χ0n) is 12.0. The summed E-state index contributed by atoms with van der Waals surface area (Å²) in [6.45, 7) is 4.77. The fourth-order valence-corrected chi connectivity index (χ4v) is 4.38. The maximum atomic E-state index is 12.3. The summed E-state index contributed by atoms with van der Waals surface area (Å²) in [7, 11) is 0. The molecule has 2 aromatic heterocycles. The molecule has 1 aliphatic heterocycles. The van der Waals surface area contributed by atoms with Gasteiger partial charge < -0.3 is 9.30 Å². The van der Waals surface area contributed by atoms with Crippen LogP contribution in [0.25, 0.3) is 0 Å². The van der Waals surface area contributed by atoms with Gasteiger partial charge in [0, 0.05) is 17.1 Å². The molecular formula is C14H18N4O2S. The van der Waals surface area contributed by atoms with Crippen LogP contribution in [0, 0.1) is 5.92 Å². The van der Waals surface area contributed by atoms with Crippen molar-refractivity contribution < 1.29 is 4.74 Å². The van der Waals surface area contributed by atoms with E-state index in [0.29, 0.717) is 25.7 Å². The highest BCUT2D eigenvalue weighted by Crippen LogP contribution is 2.27. The monoisotopic (exact) mass is 306 g/mol. The van der Waals surface area contributed by atoms with E-state index in [9.17, 15) is 4.79 Å². The van der Waals surface area contributed by atoms with Gasteiger partial charge in [0.1, 0.15) is 6.61 Å². The Kier molecular flexibility index (Phi) is 3.19. The molecule has 112 valence electrons. The van der Waals surface area contributed by atoms with Crippen LogP contribution in [0.3, 0.4) is 0 Å². The van der Waals surface area contributed by atoms with E-state index in [1.165, 1.54) is 21.9 Å². The lowest BCUT2D eigenvalue weighted by atomic mass is 9.93. The summed E-state index contributed by atoms with van der Waals surface area (Å²) >= 11 is 1.41. The van der Waals surface area contributed by atoms with Gasteiger partial charge in [-0.15, -0.1) is 10.2 Å². The smallest absolute Gasteiger partial charge is 0.307 e. The van der Waals surface area contributed by atoms with Gasteiger partial charge >= 0.3 is 4.87 Å². The Labute approximate surface area is 126 Å². The van der Waals surface area contributed by atoms with Crippen molar-refractivity contribution in [3.8, 4) is 0 Å². The Morgan fingerprint density at radius 1 is 1.43 bits per heavy atom. The predicted octanol–water partition coefficient (Wildman–Crippen LogP) is 1.20. The summed E-state index contributed by atoms with van der Waals surface area (Å²) in [6, 6.07) is 0. The van der Waals surface area contributed by atoms with Crippen LogP contribution in [0.15, 0.2) is 4.79 Å². The molecule has 4 rings (SSSR count). The van der Waals surface area contributed by atoms with Crippen LogP contribution in [0.1, 0.15) is 35.6 Å². The third kappa shape index (κ3) is 2.24. The predicted molar refractivity (Wildman–Crippen MR) is 78.5 cm³/mol. The van der Waals surface area contributed by atoms with Crippen LogP contribution >= 0.6 is 11.3 Å². The third-order valence-electron chi connectivity index (χ3n) is 4.38. The second-order valence-electron chi connectivity index (χ2n) is 5.91. The number of hydrogen-bond acceptors (Lipinski definition) is 5. The Morgan fingerprint density at radius 2 is 2.33 bits per heavy atom. The van der Waals surface area contributed by atoms with Crippen LogP contribution in [-0.2, 0) is 37.3 Å². The summed E-state index contributed by atoms with van der Waals surface area (Å²) in [5, 5.41) is 8.42. The average Bonchev–Trinajstić information content (AvgIpc) is 3.01. The standard InChI is InChI=1S/C14H18N4O2S/c1-9-2-3-10-11(6-9)21-14(19)18(10)7-12-15-16-13-8-20-5-4-17(12)13/h9H,2-8H2,1H3. The highest BCUT2D eigenvalue weighted by molar-refractivity contribution is 7.09. The van der Waals surface area contributed by atoms with Crippen LogP contribution in [0.2, 0.25) is 0 Å². The zero-order chi connectivity index (χ0) is 14.4. The van der Waals surface area contributed by atoms with Gasteiger partial charge in [0.05, 0.1) is 13.2 Å². The van der Waals surface area contributed by atoms with Crippen molar-refractivity contribution >= 4 is 11.3 Å². The quantitative estimate of drug-likeness (QED) is 0.836. The van der Waals surface area contributed by atoms with Crippen molar-refractivity contribution in [2.75, 3.05) is 6.61 Å². The lowest BCUT2D eigenvalue weighted by molar-refractivity contribution is 0.0805. The summed E-state index contributed by atoms with van der Waals surface area (Å²) in [6.07, 6.45) is 3.20. The summed E-state index contributed by atoms with van der Waals surface area (Å²) in [4.78, 5) is 13.7.